The molecule has 0 bridgehead atoms. The number of nitrogens with one attached hydrogen (secondary N) is 1. The number of benzene rings is 1. The lowest BCUT2D eigenvalue weighted by Crippen LogP contribution is -2.08. The van der Waals surface area contributed by atoms with E-state index in [9.17, 15) is 13.2 Å². The Balaban J connectivity index is 1.74. The highest BCUT2D eigenvalue weighted by atomic mass is 19.4. The highest BCUT2D eigenvalue weighted by molar-refractivity contribution is 5.94. The average Bonchev–Trinajstić information content (AvgIpc) is 3.20. The minimum absolute atomic E-state index is 0.272. The molecule has 1 N–H and O–H groups in total. The molecule has 2 heterocycles. The summed E-state index contributed by atoms with van der Waals surface area (Å²) in [4.78, 5) is 12.5. The zero-order chi connectivity index (χ0) is 16.0. The highest BCUT2D eigenvalue weighted by Gasteiger charge is 2.32. The molecule has 1 saturated carbocycles. The van der Waals surface area contributed by atoms with E-state index < -0.39 is 11.7 Å². The Labute approximate surface area is 130 Å². The standard InChI is InChI=1S/C16H13F3N4/c17-16(18,19)11-3-9-5-20-8-14(9)13(4-11)10-6-21-15(22-7-10)23-12-1-2-12/h3-4,6-8,12H,1-2,5H2,(H,21,22,23). The van der Waals surface area contributed by atoms with Crippen LogP contribution in [0.15, 0.2) is 29.5 Å². The molecular weight excluding hydrogens is 305 g/mol. The number of aliphatic imine (C=N–C) groups is 1. The van der Waals surface area contributed by atoms with Crippen LogP contribution in [0, 0.1) is 0 Å². The Morgan fingerprint density at radius 1 is 1.09 bits per heavy atom. The van der Waals surface area contributed by atoms with E-state index in [2.05, 4.69) is 20.3 Å². The second-order valence-electron chi connectivity index (χ2n) is 5.78. The summed E-state index contributed by atoms with van der Waals surface area (Å²) in [7, 11) is 0. The van der Waals surface area contributed by atoms with E-state index in [1.165, 1.54) is 0 Å². The summed E-state index contributed by atoms with van der Waals surface area (Å²) < 4.78 is 39.3. The van der Waals surface area contributed by atoms with Gasteiger partial charge in [-0.3, -0.25) is 4.99 Å². The Bertz CT molecular complexity index is 777. The highest BCUT2D eigenvalue weighted by Crippen LogP contribution is 2.36. The molecule has 0 saturated heterocycles. The van der Waals surface area contributed by atoms with Gasteiger partial charge in [-0.2, -0.15) is 13.2 Å². The second-order valence-corrected chi connectivity index (χ2v) is 5.78. The summed E-state index contributed by atoms with van der Waals surface area (Å²) in [6.07, 6.45) is 2.53. The fraction of sp³-hybridized carbons (Fsp3) is 0.312. The normalized spacial score (nSPS) is 16.5. The zero-order valence-corrected chi connectivity index (χ0v) is 12.1. The number of alkyl halides is 3. The molecule has 0 atom stereocenters. The molecule has 1 aromatic carbocycles. The molecule has 118 valence electrons. The van der Waals surface area contributed by atoms with Gasteiger partial charge in [-0.15, -0.1) is 0 Å². The fourth-order valence-corrected chi connectivity index (χ4v) is 2.59. The molecule has 7 heteroatoms. The summed E-state index contributed by atoms with van der Waals surface area (Å²) in [5, 5.41) is 3.15. The van der Waals surface area contributed by atoms with E-state index in [1.807, 2.05) is 0 Å². The van der Waals surface area contributed by atoms with Gasteiger partial charge in [0.05, 0.1) is 12.1 Å². The Hall–Kier alpha value is -2.44. The van der Waals surface area contributed by atoms with Gasteiger partial charge in [0, 0.05) is 35.8 Å². The lowest BCUT2D eigenvalue weighted by atomic mass is 9.95. The van der Waals surface area contributed by atoms with Crippen LogP contribution in [0.4, 0.5) is 19.1 Å². The molecule has 0 radical (unpaired) electrons. The van der Waals surface area contributed by atoms with Crippen molar-refractivity contribution in [3.63, 3.8) is 0 Å². The summed E-state index contributed by atoms with van der Waals surface area (Å²) in [5.41, 5.74) is 1.65. The number of hydrogen-bond acceptors (Lipinski definition) is 4. The van der Waals surface area contributed by atoms with Crippen molar-refractivity contribution < 1.29 is 13.2 Å². The van der Waals surface area contributed by atoms with Crippen molar-refractivity contribution in [3.05, 3.63) is 41.2 Å². The van der Waals surface area contributed by atoms with Crippen LogP contribution in [-0.2, 0) is 12.7 Å². The average molecular weight is 318 g/mol. The van der Waals surface area contributed by atoms with Crippen molar-refractivity contribution >= 4 is 12.2 Å². The van der Waals surface area contributed by atoms with E-state index in [1.54, 1.807) is 18.6 Å². The number of nitrogens with zero attached hydrogens (tertiary/aromatic N) is 3. The van der Waals surface area contributed by atoms with Crippen molar-refractivity contribution in [2.45, 2.75) is 31.6 Å². The van der Waals surface area contributed by atoms with Gasteiger partial charge in [0.25, 0.3) is 0 Å². The van der Waals surface area contributed by atoms with Crippen LogP contribution in [0.25, 0.3) is 11.1 Å². The predicted octanol–water partition coefficient (Wildman–Crippen LogP) is 3.67. The summed E-state index contributed by atoms with van der Waals surface area (Å²) in [5.74, 6) is 0.508. The van der Waals surface area contributed by atoms with Crippen LogP contribution >= 0.6 is 0 Å². The Kier molecular flexibility index (Phi) is 3.11. The number of halogens is 3. The van der Waals surface area contributed by atoms with Crippen molar-refractivity contribution in [2.75, 3.05) is 5.32 Å². The van der Waals surface area contributed by atoms with Gasteiger partial charge in [-0.25, -0.2) is 9.97 Å². The number of aromatic nitrogens is 2. The van der Waals surface area contributed by atoms with Crippen LogP contribution in [0.3, 0.4) is 0 Å². The topological polar surface area (TPSA) is 50.2 Å². The largest absolute Gasteiger partial charge is 0.416 e. The van der Waals surface area contributed by atoms with E-state index in [0.29, 0.717) is 34.2 Å². The molecule has 1 fully saturated rings. The third kappa shape index (κ3) is 2.78. The molecule has 2 aliphatic rings. The van der Waals surface area contributed by atoms with Gasteiger partial charge in [0.2, 0.25) is 5.95 Å². The van der Waals surface area contributed by atoms with Crippen molar-refractivity contribution in [3.8, 4) is 11.1 Å². The van der Waals surface area contributed by atoms with Crippen molar-refractivity contribution in [2.24, 2.45) is 4.99 Å². The smallest absolute Gasteiger partial charge is 0.351 e. The molecule has 23 heavy (non-hydrogen) atoms. The van der Waals surface area contributed by atoms with Gasteiger partial charge >= 0.3 is 6.18 Å². The van der Waals surface area contributed by atoms with E-state index >= 15 is 0 Å². The van der Waals surface area contributed by atoms with Crippen LogP contribution < -0.4 is 5.32 Å². The zero-order valence-electron chi connectivity index (χ0n) is 12.1. The molecule has 1 aliphatic heterocycles. The van der Waals surface area contributed by atoms with Gasteiger partial charge in [0.1, 0.15) is 0 Å². The fourth-order valence-electron chi connectivity index (χ4n) is 2.59. The minimum Gasteiger partial charge on any atom is -0.351 e. The second kappa shape index (κ2) is 5.04. The van der Waals surface area contributed by atoms with Gasteiger partial charge < -0.3 is 5.32 Å². The molecular formula is C16H13F3N4. The molecule has 1 aromatic heterocycles. The lowest BCUT2D eigenvalue weighted by molar-refractivity contribution is -0.137. The number of rotatable bonds is 3. The van der Waals surface area contributed by atoms with Crippen LogP contribution in [0.2, 0.25) is 0 Å². The van der Waals surface area contributed by atoms with E-state index in [4.69, 9.17) is 0 Å². The van der Waals surface area contributed by atoms with Crippen LogP contribution in [-0.4, -0.2) is 22.2 Å². The van der Waals surface area contributed by atoms with Gasteiger partial charge in [0.15, 0.2) is 0 Å². The van der Waals surface area contributed by atoms with E-state index in [0.717, 1.165) is 25.0 Å². The first-order chi connectivity index (χ1) is 11.0. The number of anilines is 1. The number of hydrogen-bond donors (Lipinski definition) is 1. The van der Waals surface area contributed by atoms with Crippen LogP contribution in [0.5, 0.6) is 0 Å². The lowest BCUT2D eigenvalue weighted by Gasteiger charge is -2.13. The first kappa shape index (κ1) is 14.2. The summed E-state index contributed by atoms with van der Waals surface area (Å²) >= 11 is 0. The maximum atomic E-state index is 13.1. The molecule has 2 aromatic rings. The minimum atomic E-state index is -4.39. The van der Waals surface area contributed by atoms with Gasteiger partial charge in [-0.1, -0.05) is 0 Å². The van der Waals surface area contributed by atoms with Crippen molar-refractivity contribution in [1.29, 1.82) is 0 Å². The third-order valence-corrected chi connectivity index (χ3v) is 3.95. The quantitative estimate of drug-likeness (QED) is 0.939. The van der Waals surface area contributed by atoms with Crippen LogP contribution in [0.1, 0.15) is 29.5 Å². The molecule has 4 nitrogen and oxygen atoms in total. The predicted molar refractivity (Wildman–Crippen MR) is 80.4 cm³/mol. The maximum absolute atomic E-state index is 13.1. The van der Waals surface area contributed by atoms with Gasteiger partial charge in [-0.05, 0) is 36.1 Å². The van der Waals surface area contributed by atoms with E-state index in [-0.39, 0.29) is 6.54 Å². The number of fused-ring (bicyclic) bond motifs is 1. The molecule has 1 aliphatic carbocycles. The maximum Gasteiger partial charge on any atom is 0.416 e. The molecule has 0 spiro atoms. The molecule has 0 unspecified atom stereocenters. The first-order valence-corrected chi connectivity index (χ1v) is 7.33. The Morgan fingerprint density at radius 2 is 1.83 bits per heavy atom. The monoisotopic (exact) mass is 318 g/mol. The molecule has 4 rings (SSSR count). The summed E-state index contributed by atoms with van der Waals surface area (Å²) in [6.45, 7) is 0.272. The van der Waals surface area contributed by atoms with Crippen molar-refractivity contribution in [1.82, 2.24) is 9.97 Å². The summed E-state index contributed by atoms with van der Waals surface area (Å²) in [6, 6.07) is 2.73. The Morgan fingerprint density at radius 3 is 2.48 bits per heavy atom. The first-order valence-electron chi connectivity index (χ1n) is 7.33. The SMILES string of the molecule is FC(F)(F)c1cc2c(c(-c3cnc(NC4CC4)nc3)c1)C=NC2. The third-order valence-electron chi connectivity index (χ3n) is 3.95. The molecule has 0 amide bonds.